The van der Waals surface area contributed by atoms with Gasteiger partial charge in [-0.25, -0.2) is 0 Å². The predicted octanol–water partition coefficient (Wildman–Crippen LogP) is 5.85. The van der Waals surface area contributed by atoms with Crippen LogP contribution in [0.1, 0.15) is 99.8 Å². The maximum atomic E-state index is 11.0. The minimum atomic E-state index is -0.658. The number of hydrogen-bond donors (Lipinski definition) is 2. The molecule has 34 heavy (non-hydrogen) atoms. The van der Waals surface area contributed by atoms with E-state index in [2.05, 4.69) is 54.5 Å². The summed E-state index contributed by atoms with van der Waals surface area (Å²) in [6.07, 6.45) is 11.0. The lowest BCUT2D eigenvalue weighted by Gasteiger charge is -2.64. The van der Waals surface area contributed by atoms with Crippen LogP contribution in [0.3, 0.4) is 0 Å². The Kier molecular flexibility index (Phi) is 5.01. The van der Waals surface area contributed by atoms with Crippen LogP contribution in [-0.2, 0) is 9.47 Å². The molecule has 6 rings (SSSR count). The van der Waals surface area contributed by atoms with Gasteiger partial charge in [0.2, 0.25) is 0 Å². The molecule has 0 spiro atoms. The summed E-state index contributed by atoms with van der Waals surface area (Å²) in [5.41, 5.74) is 2.28. The van der Waals surface area contributed by atoms with E-state index in [4.69, 9.17) is 9.47 Å². The lowest BCUT2D eigenvalue weighted by molar-refractivity contribution is -0.143. The summed E-state index contributed by atoms with van der Waals surface area (Å²) in [4.78, 5) is 0. The molecule has 4 heteroatoms. The molecule has 2 heterocycles. The highest BCUT2D eigenvalue weighted by atomic mass is 16.7. The summed E-state index contributed by atoms with van der Waals surface area (Å²) in [6.45, 7) is 16.5. The van der Waals surface area contributed by atoms with Gasteiger partial charge in [-0.2, -0.15) is 0 Å². The van der Waals surface area contributed by atoms with Crippen molar-refractivity contribution in [3.8, 4) is 0 Å². The highest BCUT2D eigenvalue weighted by Gasteiger charge is 2.67. The number of allylic oxidation sites excluding steroid dienone is 2. The quantitative estimate of drug-likeness (QED) is 0.391. The van der Waals surface area contributed by atoms with Crippen molar-refractivity contribution in [3.05, 3.63) is 11.6 Å². The molecular weight excluding hydrogens is 424 g/mol. The van der Waals surface area contributed by atoms with E-state index in [-0.39, 0.29) is 51.5 Å². The maximum absolute atomic E-state index is 11.0. The molecule has 3 unspecified atom stereocenters. The molecule has 5 fully saturated rings. The molecule has 192 valence electrons. The third-order valence-electron chi connectivity index (χ3n) is 13.0. The fraction of sp³-hybridized carbons (Fsp3) is 0.933. The van der Waals surface area contributed by atoms with Gasteiger partial charge in [-0.1, -0.05) is 46.3 Å². The van der Waals surface area contributed by atoms with Crippen molar-refractivity contribution in [1.29, 1.82) is 0 Å². The zero-order valence-electron chi connectivity index (χ0n) is 22.6. The second-order valence-corrected chi connectivity index (χ2v) is 14.9. The van der Waals surface area contributed by atoms with Gasteiger partial charge in [0, 0.05) is 5.92 Å². The molecule has 2 aliphatic heterocycles. The largest absolute Gasteiger partial charge is 0.393 e. The summed E-state index contributed by atoms with van der Waals surface area (Å²) in [6, 6.07) is 0. The molecule has 3 saturated carbocycles. The summed E-state index contributed by atoms with van der Waals surface area (Å²) in [7, 11) is 0. The number of ether oxygens (including phenoxy) is 2. The van der Waals surface area contributed by atoms with Crippen LogP contribution in [0.5, 0.6) is 0 Å². The first-order valence-electron chi connectivity index (χ1n) is 14.2. The topological polar surface area (TPSA) is 62.2 Å². The molecule has 11 atom stereocenters. The lowest BCUT2D eigenvalue weighted by Crippen LogP contribution is -2.58. The Balaban J connectivity index is 1.29. The van der Waals surface area contributed by atoms with Gasteiger partial charge in [0.05, 0.1) is 17.8 Å². The smallest absolute Gasteiger partial charge is 0.158 e. The molecular formula is C30H48O4. The monoisotopic (exact) mass is 472 g/mol. The van der Waals surface area contributed by atoms with Crippen LogP contribution < -0.4 is 0 Å². The molecule has 0 aromatic heterocycles. The van der Waals surface area contributed by atoms with Crippen LogP contribution in [0.25, 0.3) is 0 Å². The predicted molar refractivity (Wildman–Crippen MR) is 133 cm³/mol. The van der Waals surface area contributed by atoms with Crippen LogP contribution in [0.2, 0.25) is 0 Å². The van der Waals surface area contributed by atoms with E-state index in [0.717, 1.165) is 25.7 Å². The second-order valence-electron chi connectivity index (χ2n) is 14.9. The van der Waals surface area contributed by atoms with E-state index in [9.17, 15) is 10.2 Å². The highest BCUT2D eigenvalue weighted by molar-refractivity contribution is 5.33. The van der Waals surface area contributed by atoms with Crippen LogP contribution in [0.4, 0.5) is 0 Å². The van der Waals surface area contributed by atoms with E-state index < -0.39 is 6.29 Å². The van der Waals surface area contributed by atoms with Crippen LogP contribution >= 0.6 is 0 Å². The van der Waals surface area contributed by atoms with Crippen molar-refractivity contribution in [3.63, 3.8) is 0 Å². The first kappa shape index (κ1) is 23.9. The number of aliphatic hydroxyl groups is 2. The van der Waals surface area contributed by atoms with Crippen LogP contribution in [0.15, 0.2) is 11.6 Å². The van der Waals surface area contributed by atoms with Crippen molar-refractivity contribution in [2.75, 3.05) is 0 Å². The van der Waals surface area contributed by atoms with Crippen molar-refractivity contribution < 1.29 is 19.7 Å². The van der Waals surface area contributed by atoms with E-state index in [1.165, 1.54) is 25.7 Å². The molecule has 0 amide bonds. The highest BCUT2D eigenvalue weighted by Crippen LogP contribution is 2.73. The van der Waals surface area contributed by atoms with E-state index in [1.54, 1.807) is 5.57 Å². The number of rotatable bonds is 2. The minimum absolute atomic E-state index is 0.0200. The summed E-state index contributed by atoms with van der Waals surface area (Å²) in [5.74, 6) is 1.89. The van der Waals surface area contributed by atoms with Crippen LogP contribution in [-0.4, -0.2) is 40.4 Å². The van der Waals surface area contributed by atoms with Gasteiger partial charge in [0.1, 0.15) is 6.10 Å². The number of hydrogen-bond acceptors (Lipinski definition) is 4. The fourth-order valence-corrected chi connectivity index (χ4v) is 10.5. The number of epoxide rings is 1. The Morgan fingerprint density at radius 3 is 2.29 bits per heavy atom. The van der Waals surface area contributed by atoms with Gasteiger partial charge in [-0.15, -0.1) is 0 Å². The summed E-state index contributed by atoms with van der Waals surface area (Å²) < 4.78 is 12.0. The molecule has 4 aliphatic carbocycles. The number of fused-ring (bicyclic) bond motifs is 5. The molecule has 4 nitrogen and oxygen atoms in total. The lowest BCUT2D eigenvalue weighted by atomic mass is 9.41. The van der Waals surface area contributed by atoms with Gasteiger partial charge < -0.3 is 19.7 Å². The average Bonchev–Trinajstić information content (AvgIpc) is 3.08. The minimum Gasteiger partial charge on any atom is -0.393 e. The Morgan fingerprint density at radius 1 is 0.912 bits per heavy atom. The van der Waals surface area contributed by atoms with Crippen molar-refractivity contribution in [1.82, 2.24) is 0 Å². The molecule has 2 saturated heterocycles. The van der Waals surface area contributed by atoms with Crippen molar-refractivity contribution in [2.24, 2.45) is 45.3 Å². The fourth-order valence-electron chi connectivity index (χ4n) is 10.5. The average molecular weight is 473 g/mol. The second kappa shape index (κ2) is 7.11. The zero-order valence-corrected chi connectivity index (χ0v) is 22.6. The SMILES string of the molecule is CC1(C)OC1[C@H]1CC([C@H]2CC[C@]3(C)C4=CCC5C(C)(C)[C@@H](O)CC[C@]5(C)[C@H]4CC[C@@]23C)[C@H](O)O1. The Hall–Kier alpha value is -0.420. The van der Waals surface area contributed by atoms with Crippen LogP contribution in [0, 0.1) is 45.3 Å². The molecule has 0 aromatic carbocycles. The standard InChI is InChI=1S/C30H48O4/c1-26(2)22-9-8-20-19(28(22,5)13-12-23(26)31)11-15-29(6)18(10-14-30(20,29)7)17-16-21(33-25(17)32)24-27(3,4)34-24/h8,17-19,21-25,31-32H,9-16H2,1-7H3/t17?,18-,19+,21-,22?,23+,24?,25-,28-,29+,30-/m1/s1. The van der Waals surface area contributed by atoms with E-state index in [1.807, 2.05) is 0 Å². The Morgan fingerprint density at radius 2 is 1.62 bits per heavy atom. The van der Waals surface area contributed by atoms with Crippen molar-refractivity contribution in [2.45, 2.75) is 130 Å². The van der Waals surface area contributed by atoms with Crippen molar-refractivity contribution >= 4 is 0 Å². The van der Waals surface area contributed by atoms with Gasteiger partial charge in [0.15, 0.2) is 6.29 Å². The van der Waals surface area contributed by atoms with E-state index in [0.29, 0.717) is 17.8 Å². The van der Waals surface area contributed by atoms with Gasteiger partial charge >= 0.3 is 0 Å². The molecule has 0 bridgehead atoms. The third-order valence-corrected chi connectivity index (χ3v) is 13.0. The molecule has 2 N–H and O–H groups in total. The molecule has 0 radical (unpaired) electrons. The first-order chi connectivity index (χ1) is 15.8. The maximum Gasteiger partial charge on any atom is 0.158 e. The summed E-state index contributed by atoms with van der Waals surface area (Å²) >= 11 is 0. The van der Waals surface area contributed by atoms with Gasteiger partial charge in [0.25, 0.3) is 0 Å². The zero-order chi connectivity index (χ0) is 24.5. The first-order valence-corrected chi connectivity index (χ1v) is 14.2. The number of aliphatic hydroxyl groups excluding tert-OH is 2. The summed E-state index contributed by atoms with van der Waals surface area (Å²) in [5, 5.41) is 21.9. The van der Waals surface area contributed by atoms with E-state index >= 15 is 0 Å². The Bertz CT molecular complexity index is 892. The molecule has 6 aliphatic rings. The third kappa shape index (κ3) is 2.92. The molecule has 0 aromatic rings. The normalized spacial score (nSPS) is 57.4. The Labute approximate surface area is 206 Å². The van der Waals surface area contributed by atoms with Gasteiger partial charge in [-0.3, -0.25) is 0 Å². The van der Waals surface area contributed by atoms with Gasteiger partial charge in [-0.05, 0) is 105 Å².